The van der Waals surface area contributed by atoms with Crippen molar-refractivity contribution in [3.05, 3.63) is 158 Å². The molecule has 0 spiro atoms. The third-order valence-corrected chi connectivity index (χ3v) is 10.1. The van der Waals surface area contributed by atoms with Gasteiger partial charge in [-0.2, -0.15) is 0 Å². The highest BCUT2D eigenvalue weighted by molar-refractivity contribution is 6.23. The standard InChI is InChI=1S/C46H26N2O2/c1-3-16-35-32(13-1)33-14-2-4-17-36(33)46-45(35)47-26-40(48-46)31-12-8-11-29(22-31)27-9-7-10-28(21-27)30-19-20-42-37(23-30)39-25-43-38(24-44(39)50-42)34-15-5-6-18-41(34)49-43/h1-26H. The third kappa shape index (κ3) is 4.06. The van der Waals surface area contributed by atoms with Crippen molar-refractivity contribution in [2.45, 2.75) is 0 Å². The molecule has 11 aromatic rings. The highest BCUT2D eigenvalue weighted by Crippen LogP contribution is 2.39. The molecule has 0 bridgehead atoms. The van der Waals surface area contributed by atoms with E-state index in [4.69, 9.17) is 18.8 Å². The molecule has 0 saturated carbocycles. The molecule has 4 heteroatoms. The zero-order valence-electron chi connectivity index (χ0n) is 26.7. The molecule has 0 unspecified atom stereocenters. The van der Waals surface area contributed by atoms with Gasteiger partial charge in [0, 0.05) is 37.9 Å². The molecule has 0 radical (unpaired) electrons. The lowest BCUT2D eigenvalue weighted by molar-refractivity contribution is 0.664. The molecule has 232 valence electrons. The van der Waals surface area contributed by atoms with E-state index >= 15 is 0 Å². The van der Waals surface area contributed by atoms with Crippen molar-refractivity contribution in [3.63, 3.8) is 0 Å². The number of furan rings is 2. The molecule has 3 aromatic heterocycles. The van der Waals surface area contributed by atoms with Crippen molar-refractivity contribution in [2.24, 2.45) is 0 Å². The maximum absolute atomic E-state index is 6.34. The van der Waals surface area contributed by atoms with Gasteiger partial charge in [-0.25, -0.2) is 4.98 Å². The summed E-state index contributed by atoms with van der Waals surface area (Å²) in [5.74, 6) is 0. The molecule has 3 heterocycles. The van der Waals surface area contributed by atoms with Crippen LogP contribution in [-0.4, -0.2) is 9.97 Å². The Morgan fingerprint density at radius 3 is 1.52 bits per heavy atom. The Bertz CT molecular complexity index is 3130. The number of rotatable bonds is 3. The van der Waals surface area contributed by atoms with Gasteiger partial charge in [0.15, 0.2) is 0 Å². The smallest absolute Gasteiger partial charge is 0.136 e. The second-order valence-corrected chi connectivity index (χ2v) is 13.0. The van der Waals surface area contributed by atoms with E-state index in [0.717, 1.165) is 99.2 Å². The van der Waals surface area contributed by atoms with Crippen LogP contribution in [0.5, 0.6) is 0 Å². The summed E-state index contributed by atoms with van der Waals surface area (Å²) in [7, 11) is 0. The van der Waals surface area contributed by atoms with E-state index in [1.165, 1.54) is 10.8 Å². The first-order valence-corrected chi connectivity index (χ1v) is 16.8. The summed E-state index contributed by atoms with van der Waals surface area (Å²) >= 11 is 0. The molecule has 0 N–H and O–H groups in total. The van der Waals surface area contributed by atoms with Crippen LogP contribution in [0.1, 0.15) is 0 Å². The van der Waals surface area contributed by atoms with Gasteiger partial charge in [-0.05, 0) is 75.5 Å². The quantitative estimate of drug-likeness (QED) is 0.181. The van der Waals surface area contributed by atoms with Gasteiger partial charge < -0.3 is 8.83 Å². The van der Waals surface area contributed by atoms with Crippen molar-refractivity contribution >= 4 is 76.5 Å². The van der Waals surface area contributed by atoms with Gasteiger partial charge in [0.1, 0.15) is 22.3 Å². The second kappa shape index (κ2) is 10.4. The Kier molecular flexibility index (Phi) is 5.63. The van der Waals surface area contributed by atoms with E-state index in [2.05, 4.69) is 133 Å². The zero-order chi connectivity index (χ0) is 32.8. The minimum Gasteiger partial charge on any atom is -0.456 e. The minimum absolute atomic E-state index is 0.854. The lowest BCUT2D eigenvalue weighted by Crippen LogP contribution is -1.92. The highest BCUT2D eigenvalue weighted by atomic mass is 16.3. The van der Waals surface area contributed by atoms with Crippen LogP contribution in [0.4, 0.5) is 0 Å². The molecule has 0 amide bonds. The molecule has 4 nitrogen and oxygen atoms in total. The Morgan fingerprint density at radius 1 is 0.320 bits per heavy atom. The summed E-state index contributed by atoms with van der Waals surface area (Å²) in [4.78, 5) is 10.2. The monoisotopic (exact) mass is 638 g/mol. The molecule has 0 saturated heterocycles. The summed E-state index contributed by atoms with van der Waals surface area (Å²) in [6, 6.07) is 53.0. The third-order valence-electron chi connectivity index (χ3n) is 10.1. The molecule has 0 fully saturated rings. The Labute approximate surface area is 285 Å². The number of para-hydroxylation sites is 1. The number of fused-ring (bicyclic) bond motifs is 12. The molecule has 8 aromatic carbocycles. The predicted octanol–water partition coefficient (Wildman–Crippen LogP) is 12.7. The van der Waals surface area contributed by atoms with Gasteiger partial charge in [0.05, 0.1) is 22.9 Å². The summed E-state index contributed by atoms with van der Waals surface area (Å²) in [6.45, 7) is 0. The van der Waals surface area contributed by atoms with Crippen LogP contribution >= 0.6 is 0 Å². The van der Waals surface area contributed by atoms with Crippen LogP contribution in [0.2, 0.25) is 0 Å². The van der Waals surface area contributed by atoms with Gasteiger partial charge in [-0.3, -0.25) is 4.98 Å². The average Bonchev–Trinajstić information content (AvgIpc) is 3.73. The number of benzene rings is 8. The van der Waals surface area contributed by atoms with E-state index in [9.17, 15) is 0 Å². The average molecular weight is 639 g/mol. The van der Waals surface area contributed by atoms with E-state index in [1.807, 2.05) is 24.4 Å². The molecule has 0 aliphatic carbocycles. The van der Waals surface area contributed by atoms with Crippen molar-refractivity contribution in [2.75, 3.05) is 0 Å². The van der Waals surface area contributed by atoms with Gasteiger partial charge in [0.25, 0.3) is 0 Å². The first-order valence-electron chi connectivity index (χ1n) is 16.8. The van der Waals surface area contributed by atoms with Crippen molar-refractivity contribution in [1.82, 2.24) is 9.97 Å². The molecule has 0 aliphatic heterocycles. The number of hydrogen-bond donors (Lipinski definition) is 0. The lowest BCUT2D eigenvalue weighted by Gasteiger charge is -2.11. The highest BCUT2D eigenvalue weighted by Gasteiger charge is 2.15. The second-order valence-electron chi connectivity index (χ2n) is 13.0. The Morgan fingerprint density at radius 2 is 0.820 bits per heavy atom. The first kappa shape index (κ1) is 27.2. The molecule has 50 heavy (non-hydrogen) atoms. The van der Waals surface area contributed by atoms with Gasteiger partial charge >= 0.3 is 0 Å². The molecule has 11 rings (SSSR count). The van der Waals surface area contributed by atoms with Gasteiger partial charge in [-0.1, -0.05) is 109 Å². The van der Waals surface area contributed by atoms with E-state index in [-0.39, 0.29) is 0 Å². The summed E-state index contributed by atoms with van der Waals surface area (Å²) < 4.78 is 12.5. The summed E-state index contributed by atoms with van der Waals surface area (Å²) in [5, 5.41) is 8.91. The fraction of sp³-hybridized carbons (Fsp3) is 0. The normalized spacial score (nSPS) is 12.0. The van der Waals surface area contributed by atoms with Crippen LogP contribution in [0.3, 0.4) is 0 Å². The van der Waals surface area contributed by atoms with Crippen LogP contribution in [0.25, 0.3) is 110 Å². The summed E-state index contributed by atoms with van der Waals surface area (Å²) in [6.07, 6.45) is 1.91. The molecular weight excluding hydrogens is 613 g/mol. The number of aromatic nitrogens is 2. The maximum atomic E-state index is 6.34. The van der Waals surface area contributed by atoms with Crippen LogP contribution in [0, 0.1) is 0 Å². The topological polar surface area (TPSA) is 52.1 Å². The van der Waals surface area contributed by atoms with E-state index in [0.29, 0.717) is 0 Å². The molecular formula is C46H26N2O2. The Balaban J connectivity index is 0.995. The lowest BCUT2D eigenvalue weighted by atomic mass is 9.96. The van der Waals surface area contributed by atoms with Crippen molar-refractivity contribution in [3.8, 4) is 33.5 Å². The van der Waals surface area contributed by atoms with Crippen molar-refractivity contribution < 1.29 is 8.83 Å². The predicted molar refractivity (Wildman–Crippen MR) is 205 cm³/mol. The van der Waals surface area contributed by atoms with Gasteiger partial charge in [-0.15, -0.1) is 0 Å². The van der Waals surface area contributed by atoms with Crippen LogP contribution in [0.15, 0.2) is 167 Å². The fourth-order valence-corrected chi connectivity index (χ4v) is 7.67. The largest absolute Gasteiger partial charge is 0.456 e. The zero-order valence-corrected chi connectivity index (χ0v) is 26.7. The first-order chi connectivity index (χ1) is 24.7. The van der Waals surface area contributed by atoms with E-state index < -0.39 is 0 Å². The molecule has 0 aliphatic rings. The van der Waals surface area contributed by atoms with Crippen LogP contribution in [-0.2, 0) is 0 Å². The summed E-state index contributed by atoms with van der Waals surface area (Å²) in [5.41, 5.74) is 11.7. The van der Waals surface area contributed by atoms with Crippen molar-refractivity contribution in [1.29, 1.82) is 0 Å². The SMILES string of the molecule is c1cc(-c2cccc(-c3cnc4c5ccccc5c5ccccc5c4n3)c2)cc(-c2ccc3oc4cc5c(cc4c3c2)oc2ccccc25)c1. The fourth-order valence-electron chi connectivity index (χ4n) is 7.67. The van der Waals surface area contributed by atoms with Crippen LogP contribution < -0.4 is 0 Å². The number of nitrogens with zero attached hydrogens (tertiary/aromatic N) is 2. The Hall–Kier alpha value is -6.78. The van der Waals surface area contributed by atoms with E-state index in [1.54, 1.807) is 0 Å². The van der Waals surface area contributed by atoms with Gasteiger partial charge in [0.2, 0.25) is 0 Å². The minimum atomic E-state index is 0.854. The number of hydrogen-bond acceptors (Lipinski definition) is 4. The molecule has 0 atom stereocenters. The maximum Gasteiger partial charge on any atom is 0.136 e.